The average Bonchev–Trinajstić information content (AvgIpc) is 2.30. The Hall–Kier alpha value is -1.83. The fourth-order valence-corrected chi connectivity index (χ4v) is 1.85. The van der Waals surface area contributed by atoms with Crippen molar-refractivity contribution >= 4 is 11.5 Å². The van der Waals surface area contributed by atoms with Crippen LogP contribution in [0.1, 0.15) is 24.0 Å². The number of rotatable bonds is 3. The summed E-state index contributed by atoms with van der Waals surface area (Å²) >= 11 is 0. The third kappa shape index (κ3) is 2.60. The summed E-state index contributed by atoms with van der Waals surface area (Å²) in [6.07, 6.45) is 8.60. The van der Waals surface area contributed by atoms with Gasteiger partial charge in [0.05, 0.1) is 6.42 Å². The molecule has 1 N–H and O–H groups in total. The first-order valence-corrected chi connectivity index (χ1v) is 5.42. The number of carbonyl (C=O) groups is 1. The van der Waals surface area contributed by atoms with Crippen molar-refractivity contribution in [2.45, 2.75) is 19.3 Å². The van der Waals surface area contributed by atoms with Crippen LogP contribution in [0.4, 0.5) is 0 Å². The Kier molecular flexibility index (Phi) is 3.20. The van der Waals surface area contributed by atoms with Crippen molar-refractivity contribution in [3.8, 4) is 0 Å². The standard InChI is InChI=1S/C14H14O2/c15-14(16)10-11-6-8-13(9-7-11)12-4-2-1-3-5-12/h1-2,4,6-9H,3,5,10H2,(H,15,16). The van der Waals surface area contributed by atoms with E-state index in [-0.39, 0.29) is 6.42 Å². The zero-order chi connectivity index (χ0) is 11.4. The van der Waals surface area contributed by atoms with Gasteiger partial charge in [-0.3, -0.25) is 4.79 Å². The number of aliphatic carboxylic acids is 1. The summed E-state index contributed by atoms with van der Waals surface area (Å²) in [5.41, 5.74) is 3.37. The first-order chi connectivity index (χ1) is 7.75. The van der Waals surface area contributed by atoms with Gasteiger partial charge < -0.3 is 5.11 Å². The van der Waals surface area contributed by atoms with Gasteiger partial charge in [-0.25, -0.2) is 0 Å². The second-order valence-corrected chi connectivity index (χ2v) is 3.93. The van der Waals surface area contributed by atoms with E-state index in [1.165, 1.54) is 11.1 Å². The molecule has 1 aromatic carbocycles. The van der Waals surface area contributed by atoms with Crippen LogP contribution in [0.2, 0.25) is 0 Å². The second kappa shape index (κ2) is 4.79. The molecule has 0 heterocycles. The molecule has 0 aliphatic heterocycles. The molecule has 2 rings (SSSR count). The molecule has 0 saturated carbocycles. The van der Waals surface area contributed by atoms with Crippen LogP contribution in [0, 0.1) is 0 Å². The summed E-state index contributed by atoms with van der Waals surface area (Å²) in [5, 5.41) is 8.66. The summed E-state index contributed by atoms with van der Waals surface area (Å²) in [6.45, 7) is 0. The lowest BCUT2D eigenvalue weighted by Crippen LogP contribution is -1.99. The van der Waals surface area contributed by atoms with Gasteiger partial charge in [-0.15, -0.1) is 0 Å². The number of allylic oxidation sites excluding steroid dienone is 4. The second-order valence-electron chi connectivity index (χ2n) is 3.93. The molecule has 0 aromatic heterocycles. The predicted molar refractivity (Wildman–Crippen MR) is 64.1 cm³/mol. The molecule has 0 saturated heterocycles. The molecule has 0 unspecified atom stereocenters. The number of benzene rings is 1. The maximum atomic E-state index is 10.5. The van der Waals surface area contributed by atoms with E-state index in [1.807, 2.05) is 24.3 Å². The van der Waals surface area contributed by atoms with Gasteiger partial charge in [0, 0.05) is 0 Å². The van der Waals surface area contributed by atoms with Crippen molar-refractivity contribution in [2.24, 2.45) is 0 Å². The molecule has 1 aliphatic carbocycles. The molecule has 0 spiro atoms. The number of hydrogen-bond acceptors (Lipinski definition) is 1. The van der Waals surface area contributed by atoms with Crippen LogP contribution in [-0.2, 0) is 11.2 Å². The smallest absolute Gasteiger partial charge is 0.307 e. The van der Waals surface area contributed by atoms with Gasteiger partial charge in [0.15, 0.2) is 0 Å². The fraction of sp³-hybridized carbons (Fsp3) is 0.214. The Morgan fingerprint density at radius 1 is 1.25 bits per heavy atom. The van der Waals surface area contributed by atoms with Crippen LogP contribution in [0.5, 0.6) is 0 Å². The SMILES string of the molecule is O=C(O)Cc1ccc(C2=CC=CCC2)cc1. The van der Waals surface area contributed by atoms with Crippen molar-refractivity contribution in [2.75, 3.05) is 0 Å². The highest BCUT2D eigenvalue weighted by atomic mass is 16.4. The third-order valence-corrected chi connectivity index (χ3v) is 2.69. The largest absolute Gasteiger partial charge is 0.481 e. The van der Waals surface area contributed by atoms with Crippen LogP contribution in [0.3, 0.4) is 0 Å². The summed E-state index contributed by atoms with van der Waals surface area (Å²) in [5.74, 6) is -0.785. The average molecular weight is 214 g/mol. The van der Waals surface area contributed by atoms with E-state index in [0.717, 1.165) is 18.4 Å². The van der Waals surface area contributed by atoms with Gasteiger partial charge in [0.25, 0.3) is 0 Å². The van der Waals surface area contributed by atoms with Crippen LogP contribution >= 0.6 is 0 Å². The highest BCUT2D eigenvalue weighted by Crippen LogP contribution is 2.23. The minimum atomic E-state index is -0.785. The maximum Gasteiger partial charge on any atom is 0.307 e. The van der Waals surface area contributed by atoms with Crippen molar-refractivity contribution < 1.29 is 9.90 Å². The summed E-state index contributed by atoms with van der Waals surface area (Å²) in [7, 11) is 0. The van der Waals surface area contributed by atoms with E-state index >= 15 is 0 Å². The monoisotopic (exact) mass is 214 g/mol. The van der Waals surface area contributed by atoms with Gasteiger partial charge in [-0.1, -0.05) is 42.5 Å². The van der Waals surface area contributed by atoms with Gasteiger partial charge in [-0.2, -0.15) is 0 Å². The molecule has 0 fully saturated rings. The third-order valence-electron chi connectivity index (χ3n) is 2.69. The van der Waals surface area contributed by atoms with Gasteiger partial charge in [-0.05, 0) is 29.5 Å². The molecule has 2 nitrogen and oxygen atoms in total. The maximum absolute atomic E-state index is 10.5. The van der Waals surface area contributed by atoms with Gasteiger partial charge in [0.2, 0.25) is 0 Å². The molecule has 0 amide bonds. The lowest BCUT2D eigenvalue weighted by molar-refractivity contribution is -0.136. The van der Waals surface area contributed by atoms with Crippen LogP contribution in [0.15, 0.2) is 42.5 Å². The van der Waals surface area contributed by atoms with Crippen molar-refractivity contribution in [3.05, 3.63) is 53.6 Å². The Bertz CT molecular complexity index is 438. The number of hydrogen-bond donors (Lipinski definition) is 1. The van der Waals surface area contributed by atoms with Crippen LogP contribution < -0.4 is 0 Å². The van der Waals surface area contributed by atoms with E-state index in [2.05, 4.69) is 18.2 Å². The molecule has 82 valence electrons. The van der Waals surface area contributed by atoms with E-state index in [0.29, 0.717) is 0 Å². The van der Waals surface area contributed by atoms with E-state index in [9.17, 15) is 4.79 Å². The normalized spacial score (nSPS) is 14.6. The van der Waals surface area contributed by atoms with Crippen molar-refractivity contribution in [3.63, 3.8) is 0 Å². The highest BCUT2D eigenvalue weighted by Gasteiger charge is 2.04. The van der Waals surface area contributed by atoms with E-state index < -0.39 is 5.97 Å². The summed E-state index contributed by atoms with van der Waals surface area (Å²) in [4.78, 5) is 10.5. The van der Waals surface area contributed by atoms with E-state index in [4.69, 9.17) is 5.11 Å². The zero-order valence-corrected chi connectivity index (χ0v) is 9.02. The van der Waals surface area contributed by atoms with E-state index in [1.54, 1.807) is 0 Å². The van der Waals surface area contributed by atoms with Crippen molar-refractivity contribution in [1.29, 1.82) is 0 Å². The molecule has 1 aliphatic rings. The molecule has 1 aromatic rings. The lowest BCUT2D eigenvalue weighted by atomic mass is 9.96. The Morgan fingerprint density at radius 3 is 2.56 bits per heavy atom. The molecule has 0 radical (unpaired) electrons. The van der Waals surface area contributed by atoms with Crippen LogP contribution in [0.25, 0.3) is 5.57 Å². The lowest BCUT2D eigenvalue weighted by Gasteiger charge is -2.09. The molecule has 2 heteroatoms. The Balaban J connectivity index is 2.15. The zero-order valence-electron chi connectivity index (χ0n) is 9.02. The predicted octanol–water partition coefficient (Wildman–Crippen LogP) is 3.05. The fourth-order valence-electron chi connectivity index (χ4n) is 1.85. The van der Waals surface area contributed by atoms with Gasteiger partial charge >= 0.3 is 5.97 Å². The molecule has 0 atom stereocenters. The molecule has 0 bridgehead atoms. The first kappa shape index (κ1) is 10.7. The van der Waals surface area contributed by atoms with Crippen molar-refractivity contribution in [1.82, 2.24) is 0 Å². The number of carboxylic acids is 1. The molecule has 16 heavy (non-hydrogen) atoms. The topological polar surface area (TPSA) is 37.3 Å². The highest BCUT2D eigenvalue weighted by molar-refractivity contribution is 5.71. The molecular formula is C14H14O2. The number of carboxylic acid groups (broad SMARTS) is 1. The minimum absolute atomic E-state index is 0.0965. The Labute approximate surface area is 94.9 Å². The van der Waals surface area contributed by atoms with Gasteiger partial charge in [0.1, 0.15) is 0 Å². The first-order valence-electron chi connectivity index (χ1n) is 5.42. The molecular weight excluding hydrogens is 200 g/mol. The van der Waals surface area contributed by atoms with Crippen LogP contribution in [-0.4, -0.2) is 11.1 Å². The minimum Gasteiger partial charge on any atom is -0.481 e. The quantitative estimate of drug-likeness (QED) is 0.839. The summed E-state index contributed by atoms with van der Waals surface area (Å²) in [6, 6.07) is 7.79. The summed E-state index contributed by atoms with van der Waals surface area (Å²) < 4.78 is 0. The Morgan fingerprint density at radius 2 is 2.00 bits per heavy atom.